The summed E-state index contributed by atoms with van der Waals surface area (Å²) in [6, 6.07) is 9.24. The Morgan fingerprint density at radius 3 is 2.70 bits per heavy atom. The number of halogens is 1. The molecule has 23 heavy (non-hydrogen) atoms. The Balaban J connectivity index is 1.70. The lowest BCUT2D eigenvalue weighted by Crippen LogP contribution is -2.36. The molecule has 0 saturated heterocycles. The van der Waals surface area contributed by atoms with Gasteiger partial charge in [-0.3, -0.25) is 4.98 Å². The minimum atomic E-state index is -0.120. The molecule has 1 aliphatic carbocycles. The first-order valence-corrected chi connectivity index (χ1v) is 7.85. The zero-order valence-electron chi connectivity index (χ0n) is 12.8. The zero-order valence-corrected chi connectivity index (χ0v) is 13.6. The summed E-state index contributed by atoms with van der Waals surface area (Å²) in [5, 5.41) is 3.38. The lowest BCUT2D eigenvalue weighted by molar-refractivity contribution is 0.206. The van der Waals surface area contributed by atoms with Gasteiger partial charge in [-0.1, -0.05) is 11.6 Å². The molecule has 1 saturated carbocycles. The third-order valence-corrected chi connectivity index (χ3v) is 4.05. The molecule has 6 heteroatoms. The molecule has 120 valence electrons. The van der Waals surface area contributed by atoms with Gasteiger partial charge in [0.2, 0.25) is 0 Å². The van der Waals surface area contributed by atoms with Crippen molar-refractivity contribution in [2.45, 2.75) is 25.4 Å². The second kappa shape index (κ2) is 6.87. The summed E-state index contributed by atoms with van der Waals surface area (Å²) in [6.45, 7) is 0.572. The first-order valence-electron chi connectivity index (χ1n) is 7.47. The Hall–Kier alpha value is -2.27. The van der Waals surface area contributed by atoms with Crippen molar-refractivity contribution in [2.24, 2.45) is 0 Å². The Labute approximate surface area is 140 Å². The summed E-state index contributed by atoms with van der Waals surface area (Å²) in [5.74, 6) is 0.584. The molecular weight excluding hydrogens is 314 g/mol. The van der Waals surface area contributed by atoms with Crippen LogP contribution in [0.2, 0.25) is 5.02 Å². The number of anilines is 1. The number of methoxy groups -OCH3 is 1. The second-order valence-corrected chi connectivity index (χ2v) is 5.90. The molecule has 3 rings (SSSR count). The molecule has 1 aromatic heterocycles. The third-order valence-electron chi connectivity index (χ3n) is 3.75. The molecule has 2 amide bonds. The van der Waals surface area contributed by atoms with Crippen molar-refractivity contribution in [3.63, 3.8) is 0 Å². The fourth-order valence-electron chi connectivity index (χ4n) is 2.38. The molecule has 0 bridgehead atoms. The first kappa shape index (κ1) is 15.6. The van der Waals surface area contributed by atoms with Crippen LogP contribution in [0, 0.1) is 0 Å². The van der Waals surface area contributed by atoms with Crippen LogP contribution in [0.5, 0.6) is 5.75 Å². The van der Waals surface area contributed by atoms with Gasteiger partial charge in [0.05, 0.1) is 12.1 Å². The molecule has 2 aromatic rings. The maximum atomic E-state index is 12.6. The Morgan fingerprint density at radius 2 is 2.09 bits per heavy atom. The first-order chi connectivity index (χ1) is 11.2. The minimum absolute atomic E-state index is 0.120. The molecule has 0 unspecified atom stereocenters. The van der Waals surface area contributed by atoms with Gasteiger partial charge in [-0.05, 0) is 48.7 Å². The summed E-state index contributed by atoms with van der Waals surface area (Å²) in [4.78, 5) is 18.4. The third kappa shape index (κ3) is 3.93. The van der Waals surface area contributed by atoms with E-state index in [9.17, 15) is 4.79 Å². The van der Waals surface area contributed by atoms with Crippen molar-refractivity contribution in [2.75, 3.05) is 12.4 Å². The molecular formula is C17H18ClN3O2. The number of nitrogens with zero attached hydrogens (tertiary/aromatic N) is 2. The fraction of sp³-hybridized carbons (Fsp3) is 0.294. The van der Waals surface area contributed by atoms with Crippen molar-refractivity contribution in [1.29, 1.82) is 0 Å². The number of hydrogen-bond donors (Lipinski definition) is 1. The van der Waals surface area contributed by atoms with Gasteiger partial charge in [0.15, 0.2) is 0 Å². The number of benzene rings is 1. The molecule has 1 aromatic carbocycles. The number of ether oxygens (including phenoxy) is 1. The van der Waals surface area contributed by atoms with Gasteiger partial charge in [0.1, 0.15) is 5.75 Å². The van der Waals surface area contributed by atoms with E-state index < -0.39 is 0 Å². The van der Waals surface area contributed by atoms with Crippen molar-refractivity contribution in [3.05, 3.63) is 53.3 Å². The van der Waals surface area contributed by atoms with Gasteiger partial charge in [0, 0.05) is 30.7 Å². The Bertz CT molecular complexity index is 689. The number of pyridine rings is 1. The molecule has 0 spiro atoms. The Morgan fingerprint density at radius 1 is 1.35 bits per heavy atom. The largest absolute Gasteiger partial charge is 0.495 e. The molecule has 1 N–H and O–H groups in total. The molecule has 0 atom stereocenters. The van der Waals surface area contributed by atoms with E-state index in [1.807, 2.05) is 17.0 Å². The van der Waals surface area contributed by atoms with Crippen molar-refractivity contribution in [1.82, 2.24) is 9.88 Å². The topological polar surface area (TPSA) is 54.5 Å². The van der Waals surface area contributed by atoms with Crippen LogP contribution in [-0.4, -0.2) is 29.1 Å². The lowest BCUT2D eigenvalue weighted by Gasteiger charge is -2.23. The van der Waals surface area contributed by atoms with Gasteiger partial charge in [-0.15, -0.1) is 0 Å². The van der Waals surface area contributed by atoms with Crippen LogP contribution in [0.1, 0.15) is 18.4 Å². The number of amides is 2. The molecule has 1 aliphatic rings. The highest BCUT2D eigenvalue weighted by Gasteiger charge is 2.32. The van der Waals surface area contributed by atoms with Gasteiger partial charge < -0.3 is 15.0 Å². The maximum Gasteiger partial charge on any atom is 0.322 e. The standard InChI is InChI=1S/C17H18ClN3O2/c1-23-16-5-2-13(10-15(16)18)20-17(22)21(14-3-4-14)11-12-6-8-19-9-7-12/h2,5-10,14H,3-4,11H2,1H3,(H,20,22). The molecule has 1 heterocycles. The average Bonchev–Trinajstić information content (AvgIpc) is 3.38. The summed E-state index contributed by atoms with van der Waals surface area (Å²) in [6.07, 6.45) is 5.56. The monoisotopic (exact) mass is 331 g/mol. The summed E-state index contributed by atoms with van der Waals surface area (Å²) in [7, 11) is 1.56. The van der Waals surface area contributed by atoms with Crippen molar-refractivity contribution in [3.8, 4) is 5.75 Å². The number of carbonyl (C=O) groups excluding carboxylic acids is 1. The van der Waals surface area contributed by atoms with Gasteiger partial charge >= 0.3 is 6.03 Å². The number of carbonyl (C=O) groups is 1. The van der Waals surface area contributed by atoms with E-state index in [0.29, 0.717) is 29.0 Å². The zero-order chi connectivity index (χ0) is 16.2. The maximum absolute atomic E-state index is 12.6. The van der Waals surface area contributed by atoms with Crippen LogP contribution >= 0.6 is 11.6 Å². The number of aromatic nitrogens is 1. The van der Waals surface area contributed by atoms with Gasteiger partial charge in [-0.2, -0.15) is 0 Å². The second-order valence-electron chi connectivity index (χ2n) is 5.49. The smallest absolute Gasteiger partial charge is 0.322 e. The lowest BCUT2D eigenvalue weighted by atomic mass is 10.2. The number of urea groups is 1. The van der Waals surface area contributed by atoms with Crippen molar-refractivity contribution >= 4 is 23.3 Å². The van der Waals surface area contributed by atoms with Crippen LogP contribution < -0.4 is 10.1 Å². The van der Waals surface area contributed by atoms with E-state index in [1.54, 1.807) is 37.7 Å². The molecule has 1 fully saturated rings. The van der Waals surface area contributed by atoms with E-state index in [1.165, 1.54) is 0 Å². The van der Waals surface area contributed by atoms with E-state index in [2.05, 4.69) is 10.3 Å². The van der Waals surface area contributed by atoms with Crippen LogP contribution in [0.4, 0.5) is 10.5 Å². The number of rotatable bonds is 5. The minimum Gasteiger partial charge on any atom is -0.495 e. The van der Waals surface area contributed by atoms with Crippen LogP contribution in [-0.2, 0) is 6.54 Å². The number of nitrogens with one attached hydrogen (secondary N) is 1. The highest BCUT2D eigenvalue weighted by atomic mass is 35.5. The summed E-state index contributed by atoms with van der Waals surface area (Å²) >= 11 is 6.10. The van der Waals surface area contributed by atoms with Crippen LogP contribution in [0.3, 0.4) is 0 Å². The molecule has 5 nitrogen and oxygen atoms in total. The number of hydrogen-bond acceptors (Lipinski definition) is 3. The SMILES string of the molecule is COc1ccc(NC(=O)N(Cc2ccncc2)C2CC2)cc1Cl. The fourth-order valence-corrected chi connectivity index (χ4v) is 2.63. The van der Waals surface area contributed by atoms with Crippen LogP contribution in [0.25, 0.3) is 0 Å². The highest BCUT2D eigenvalue weighted by molar-refractivity contribution is 6.32. The normalized spacial score (nSPS) is 13.5. The van der Waals surface area contributed by atoms with Gasteiger partial charge in [0.25, 0.3) is 0 Å². The van der Waals surface area contributed by atoms with E-state index >= 15 is 0 Å². The quantitative estimate of drug-likeness (QED) is 0.902. The van der Waals surface area contributed by atoms with Crippen LogP contribution in [0.15, 0.2) is 42.7 Å². The predicted molar refractivity (Wildman–Crippen MR) is 89.8 cm³/mol. The molecule has 0 aliphatic heterocycles. The van der Waals surface area contributed by atoms with Gasteiger partial charge in [-0.25, -0.2) is 4.79 Å². The van der Waals surface area contributed by atoms with Crippen molar-refractivity contribution < 1.29 is 9.53 Å². The summed E-state index contributed by atoms with van der Waals surface area (Å²) < 4.78 is 5.12. The Kier molecular flexibility index (Phi) is 4.67. The average molecular weight is 332 g/mol. The van der Waals surface area contributed by atoms with E-state index in [0.717, 1.165) is 18.4 Å². The predicted octanol–water partition coefficient (Wildman–Crippen LogP) is 3.94. The van der Waals surface area contributed by atoms with E-state index in [-0.39, 0.29) is 6.03 Å². The van der Waals surface area contributed by atoms with E-state index in [4.69, 9.17) is 16.3 Å². The summed E-state index contributed by atoms with van der Waals surface area (Å²) in [5.41, 5.74) is 1.72. The molecule has 0 radical (unpaired) electrons. The highest BCUT2D eigenvalue weighted by Crippen LogP contribution is 2.30.